The fourth-order valence-electron chi connectivity index (χ4n) is 2.95. The highest BCUT2D eigenvalue weighted by atomic mass is 79.9. The number of thiophene rings is 1. The summed E-state index contributed by atoms with van der Waals surface area (Å²) >= 11 is 5.01. The van der Waals surface area contributed by atoms with Crippen molar-refractivity contribution in [1.29, 1.82) is 0 Å². The Bertz CT molecular complexity index is 1030. The van der Waals surface area contributed by atoms with Crippen LogP contribution in [0, 0.1) is 0 Å². The lowest BCUT2D eigenvalue weighted by Gasteiger charge is -2.23. The molecule has 1 aromatic heterocycles. The van der Waals surface area contributed by atoms with Gasteiger partial charge in [-0.05, 0) is 46.7 Å². The van der Waals surface area contributed by atoms with Crippen LogP contribution in [0.5, 0.6) is 0 Å². The Morgan fingerprint density at radius 2 is 1.77 bits per heavy atom. The van der Waals surface area contributed by atoms with Gasteiger partial charge in [0.2, 0.25) is 0 Å². The molecule has 0 saturated heterocycles. The van der Waals surface area contributed by atoms with Crippen LogP contribution in [0.3, 0.4) is 0 Å². The lowest BCUT2D eigenvalue weighted by Crippen LogP contribution is -2.27. The van der Waals surface area contributed by atoms with E-state index in [4.69, 9.17) is 0 Å². The summed E-state index contributed by atoms with van der Waals surface area (Å²) in [6, 6.07) is 17.8. The third-order valence-corrected chi connectivity index (χ3v) is 7.18. The number of hydrogen-bond acceptors (Lipinski definition) is 4. The molecule has 0 N–H and O–H groups in total. The van der Waals surface area contributed by atoms with Crippen molar-refractivity contribution in [3.05, 3.63) is 87.0 Å². The average molecular weight is 447 g/mol. The van der Waals surface area contributed by atoms with Gasteiger partial charge in [-0.25, -0.2) is 0 Å². The maximum absolute atomic E-state index is 13.2. The van der Waals surface area contributed by atoms with Gasteiger partial charge in [-0.1, -0.05) is 46.3 Å². The van der Waals surface area contributed by atoms with Crippen LogP contribution in [0.25, 0.3) is 0 Å². The highest BCUT2D eigenvalue weighted by Crippen LogP contribution is 2.37. The van der Waals surface area contributed by atoms with E-state index in [-0.39, 0.29) is 10.9 Å². The van der Waals surface area contributed by atoms with Crippen LogP contribution in [0.2, 0.25) is 0 Å². The van der Waals surface area contributed by atoms with E-state index in [1.807, 2.05) is 41.1 Å². The standard InChI is InChI=1S/C19H15BrN2O2S2/c20-16-8-6-14(7-9-16)19-12-18(15-10-11-25-13-15)21-22(19)26(23,24)17-4-2-1-3-5-17/h1-11,13,19H,12H2/t19-/m1/s1. The van der Waals surface area contributed by atoms with E-state index < -0.39 is 10.0 Å². The molecule has 2 heterocycles. The van der Waals surface area contributed by atoms with Crippen molar-refractivity contribution in [3.63, 3.8) is 0 Å². The summed E-state index contributed by atoms with van der Waals surface area (Å²) < 4.78 is 28.6. The zero-order valence-corrected chi connectivity index (χ0v) is 16.8. The topological polar surface area (TPSA) is 49.7 Å². The number of benzene rings is 2. The predicted octanol–water partition coefficient (Wildman–Crippen LogP) is 5.05. The largest absolute Gasteiger partial charge is 0.279 e. The molecule has 1 atom stereocenters. The van der Waals surface area contributed by atoms with E-state index in [0.717, 1.165) is 21.3 Å². The molecular weight excluding hydrogens is 432 g/mol. The summed E-state index contributed by atoms with van der Waals surface area (Å²) in [7, 11) is -3.73. The fraction of sp³-hybridized carbons (Fsp3) is 0.105. The first-order valence-electron chi connectivity index (χ1n) is 8.01. The van der Waals surface area contributed by atoms with Gasteiger partial charge in [-0.15, -0.1) is 0 Å². The summed E-state index contributed by atoms with van der Waals surface area (Å²) in [5, 5.41) is 8.48. The first-order valence-corrected chi connectivity index (χ1v) is 11.2. The van der Waals surface area contributed by atoms with Gasteiger partial charge in [0.05, 0.1) is 16.6 Å². The molecule has 3 aromatic rings. The second-order valence-electron chi connectivity index (χ2n) is 5.92. The Balaban J connectivity index is 1.79. The second-order valence-corrected chi connectivity index (χ2v) is 9.41. The van der Waals surface area contributed by atoms with Crippen molar-refractivity contribution in [1.82, 2.24) is 4.41 Å². The van der Waals surface area contributed by atoms with Crippen molar-refractivity contribution >= 4 is 43.0 Å². The lowest BCUT2D eigenvalue weighted by molar-refractivity contribution is 0.371. The number of rotatable bonds is 4. The molecule has 0 unspecified atom stereocenters. The molecule has 7 heteroatoms. The molecule has 0 amide bonds. The number of hydrazone groups is 1. The smallest absolute Gasteiger partial charge is 0.200 e. The molecule has 0 aliphatic carbocycles. The van der Waals surface area contributed by atoms with Crippen LogP contribution in [-0.4, -0.2) is 18.5 Å². The highest BCUT2D eigenvalue weighted by Gasteiger charge is 2.37. The number of sulfonamides is 1. The normalized spacial score (nSPS) is 17.3. The molecular formula is C19H15BrN2O2S2. The molecule has 1 aliphatic rings. The highest BCUT2D eigenvalue weighted by molar-refractivity contribution is 9.10. The molecule has 132 valence electrons. The molecule has 1 aliphatic heterocycles. The first kappa shape index (κ1) is 17.5. The third kappa shape index (κ3) is 3.22. The van der Waals surface area contributed by atoms with Gasteiger partial charge in [0.1, 0.15) is 0 Å². The van der Waals surface area contributed by atoms with Crippen LogP contribution in [0.1, 0.15) is 23.6 Å². The number of hydrogen-bond donors (Lipinski definition) is 0. The lowest BCUT2D eigenvalue weighted by atomic mass is 10.0. The molecule has 0 bridgehead atoms. The van der Waals surface area contributed by atoms with Gasteiger partial charge in [0.25, 0.3) is 10.0 Å². The summed E-state index contributed by atoms with van der Waals surface area (Å²) in [6.45, 7) is 0. The van der Waals surface area contributed by atoms with Crippen LogP contribution in [0.15, 0.2) is 85.9 Å². The number of nitrogens with zero attached hydrogens (tertiary/aromatic N) is 2. The Morgan fingerprint density at radius 1 is 1.04 bits per heavy atom. The van der Waals surface area contributed by atoms with Gasteiger partial charge in [-0.2, -0.15) is 29.3 Å². The quantitative estimate of drug-likeness (QED) is 0.562. The van der Waals surface area contributed by atoms with Crippen molar-refractivity contribution in [2.45, 2.75) is 17.4 Å². The van der Waals surface area contributed by atoms with E-state index in [2.05, 4.69) is 21.0 Å². The molecule has 0 fully saturated rings. The van der Waals surface area contributed by atoms with Crippen molar-refractivity contribution in [3.8, 4) is 0 Å². The second kappa shape index (κ2) is 6.98. The van der Waals surface area contributed by atoms with Crippen LogP contribution in [-0.2, 0) is 10.0 Å². The van der Waals surface area contributed by atoms with Gasteiger partial charge >= 0.3 is 0 Å². The number of halogens is 1. The van der Waals surface area contributed by atoms with E-state index in [9.17, 15) is 8.42 Å². The van der Waals surface area contributed by atoms with E-state index >= 15 is 0 Å². The summed E-state index contributed by atoms with van der Waals surface area (Å²) in [4.78, 5) is 0.248. The van der Waals surface area contributed by atoms with Crippen LogP contribution in [0.4, 0.5) is 0 Å². The summed E-state index contributed by atoms with van der Waals surface area (Å²) in [5.74, 6) is 0. The van der Waals surface area contributed by atoms with E-state index in [0.29, 0.717) is 6.42 Å². The van der Waals surface area contributed by atoms with Crippen molar-refractivity contribution < 1.29 is 8.42 Å². The van der Waals surface area contributed by atoms with Gasteiger partial charge < -0.3 is 0 Å². The Morgan fingerprint density at radius 3 is 2.42 bits per heavy atom. The SMILES string of the molecule is O=S(=O)(c1ccccc1)N1N=C(c2ccsc2)C[C@@H]1c1ccc(Br)cc1. The fourth-order valence-corrected chi connectivity index (χ4v) is 5.33. The minimum absolute atomic E-state index is 0.248. The van der Waals surface area contributed by atoms with Crippen molar-refractivity contribution in [2.75, 3.05) is 0 Å². The zero-order chi connectivity index (χ0) is 18.1. The summed E-state index contributed by atoms with van der Waals surface area (Å²) in [5.41, 5.74) is 2.68. The monoisotopic (exact) mass is 446 g/mol. The van der Waals surface area contributed by atoms with Crippen molar-refractivity contribution in [2.24, 2.45) is 5.10 Å². The maximum atomic E-state index is 13.2. The minimum atomic E-state index is -3.73. The van der Waals surface area contributed by atoms with Crippen LogP contribution < -0.4 is 0 Å². The molecule has 0 spiro atoms. The Kier molecular flexibility index (Phi) is 4.69. The molecule has 2 aromatic carbocycles. The van der Waals surface area contributed by atoms with E-state index in [1.54, 1.807) is 41.7 Å². The Hall–Kier alpha value is -1.96. The van der Waals surface area contributed by atoms with Gasteiger partial charge in [0, 0.05) is 16.5 Å². The molecule has 26 heavy (non-hydrogen) atoms. The first-order chi connectivity index (χ1) is 12.6. The molecule has 4 nitrogen and oxygen atoms in total. The minimum Gasteiger partial charge on any atom is -0.200 e. The average Bonchev–Trinajstić information content (AvgIpc) is 3.33. The van der Waals surface area contributed by atoms with Crippen LogP contribution >= 0.6 is 27.3 Å². The molecule has 0 radical (unpaired) electrons. The molecule has 0 saturated carbocycles. The maximum Gasteiger partial charge on any atom is 0.279 e. The zero-order valence-electron chi connectivity index (χ0n) is 13.6. The third-order valence-electron chi connectivity index (χ3n) is 4.27. The summed E-state index contributed by atoms with van der Waals surface area (Å²) in [6.07, 6.45) is 0.546. The molecule has 4 rings (SSSR count). The Labute approximate surface area is 165 Å². The van der Waals surface area contributed by atoms with Gasteiger partial charge in [0.15, 0.2) is 0 Å². The van der Waals surface area contributed by atoms with E-state index in [1.165, 1.54) is 4.41 Å². The predicted molar refractivity (Wildman–Crippen MR) is 108 cm³/mol. The van der Waals surface area contributed by atoms with Gasteiger partial charge in [-0.3, -0.25) is 0 Å².